The third-order valence-electron chi connectivity index (χ3n) is 6.30. The summed E-state index contributed by atoms with van der Waals surface area (Å²) < 4.78 is 11.3. The van der Waals surface area contributed by atoms with Crippen molar-refractivity contribution in [1.29, 1.82) is 5.26 Å². The summed E-state index contributed by atoms with van der Waals surface area (Å²) in [5, 5.41) is 12.5. The molecule has 0 saturated heterocycles. The molecule has 0 unspecified atom stereocenters. The summed E-state index contributed by atoms with van der Waals surface area (Å²) in [5.74, 6) is 0.0978. The molecule has 6 nitrogen and oxygen atoms in total. The molecular weight excluding hydrogens is 416 g/mol. The highest BCUT2D eigenvalue weighted by Crippen LogP contribution is 2.44. The predicted octanol–water partition coefficient (Wildman–Crippen LogP) is 5.18. The van der Waals surface area contributed by atoms with E-state index in [9.17, 15) is 14.9 Å². The van der Waals surface area contributed by atoms with Gasteiger partial charge in [-0.05, 0) is 30.2 Å². The third kappa shape index (κ3) is 4.06. The number of nitrogens with one attached hydrogen (secondary N) is 1. The molecule has 1 fully saturated rings. The van der Waals surface area contributed by atoms with E-state index in [4.69, 9.17) is 9.15 Å². The van der Waals surface area contributed by atoms with Gasteiger partial charge >= 0.3 is 5.97 Å². The maximum Gasteiger partial charge on any atom is 0.310 e. The Balaban J connectivity index is 1.37. The SMILES string of the molecule is N#Cc1c(NC(=O)COC(=O)[C@@H]2C[C@H]3C=C[C@H]2C3)oc(-c2ccccc2)c1-c1ccccc1. The fraction of sp³-hybridized carbons (Fsp3) is 0.222. The van der Waals surface area contributed by atoms with Gasteiger partial charge in [0, 0.05) is 11.1 Å². The molecule has 2 aliphatic carbocycles. The van der Waals surface area contributed by atoms with E-state index >= 15 is 0 Å². The van der Waals surface area contributed by atoms with Crippen LogP contribution in [-0.2, 0) is 14.3 Å². The van der Waals surface area contributed by atoms with Crippen LogP contribution in [0.15, 0.2) is 77.2 Å². The minimum absolute atomic E-state index is 0.0408. The van der Waals surface area contributed by atoms with Crippen LogP contribution in [0.5, 0.6) is 0 Å². The lowest BCUT2D eigenvalue weighted by Gasteiger charge is -2.16. The molecular formula is C27H22N2O4. The fourth-order valence-electron chi connectivity index (χ4n) is 4.76. The smallest absolute Gasteiger partial charge is 0.310 e. The van der Waals surface area contributed by atoms with Gasteiger partial charge in [0.1, 0.15) is 17.4 Å². The van der Waals surface area contributed by atoms with E-state index in [1.807, 2.05) is 60.7 Å². The van der Waals surface area contributed by atoms with Crippen molar-refractivity contribution in [3.63, 3.8) is 0 Å². The maximum atomic E-state index is 12.6. The lowest BCUT2D eigenvalue weighted by atomic mass is 9.94. The Morgan fingerprint density at radius 1 is 1.00 bits per heavy atom. The second kappa shape index (κ2) is 8.79. The highest BCUT2D eigenvalue weighted by Gasteiger charge is 2.40. The van der Waals surface area contributed by atoms with E-state index in [0.717, 1.165) is 24.0 Å². The number of esters is 1. The van der Waals surface area contributed by atoms with Gasteiger partial charge in [-0.1, -0.05) is 72.8 Å². The number of hydrogen-bond donors (Lipinski definition) is 1. The lowest BCUT2D eigenvalue weighted by molar-refractivity contribution is -0.152. The second-order valence-corrected chi connectivity index (χ2v) is 8.40. The van der Waals surface area contributed by atoms with Crippen molar-refractivity contribution < 1.29 is 18.7 Å². The molecule has 0 aliphatic heterocycles. The number of hydrogen-bond acceptors (Lipinski definition) is 5. The summed E-state index contributed by atoms with van der Waals surface area (Å²) in [6, 6.07) is 21.0. The first kappa shape index (κ1) is 20.8. The van der Waals surface area contributed by atoms with E-state index in [2.05, 4.69) is 23.5 Å². The molecule has 2 aliphatic rings. The molecule has 0 spiro atoms. The van der Waals surface area contributed by atoms with Gasteiger partial charge in [-0.2, -0.15) is 5.26 Å². The molecule has 1 N–H and O–H groups in total. The normalized spacial score (nSPS) is 20.4. The molecule has 164 valence electrons. The van der Waals surface area contributed by atoms with Gasteiger partial charge in [-0.3, -0.25) is 14.9 Å². The molecule has 3 aromatic rings. The van der Waals surface area contributed by atoms with Gasteiger partial charge in [0.15, 0.2) is 6.61 Å². The Hall–Kier alpha value is -4.11. The Morgan fingerprint density at radius 3 is 2.30 bits per heavy atom. The number of carbonyl (C=O) groups is 2. The second-order valence-electron chi connectivity index (χ2n) is 8.40. The zero-order chi connectivity index (χ0) is 22.8. The number of carbonyl (C=O) groups excluding carboxylic acids is 2. The highest BCUT2D eigenvalue weighted by molar-refractivity contribution is 5.96. The number of rotatable bonds is 6. The van der Waals surface area contributed by atoms with Gasteiger partial charge in [0.05, 0.1) is 5.92 Å². The summed E-state index contributed by atoms with van der Waals surface area (Å²) in [7, 11) is 0. The van der Waals surface area contributed by atoms with E-state index in [1.165, 1.54) is 0 Å². The Kier molecular flexibility index (Phi) is 5.54. The van der Waals surface area contributed by atoms with Gasteiger partial charge in [0.25, 0.3) is 5.91 Å². The average Bonchev–Trinajstić information content (AvgIpc) is 3.58. The van der Waals surface area contributed by atoms with Crippen LogP contribution >= 0.6 is 0 Å². The quantitative estimate of drug-likeness (QED) is 0.423. The number of ether oxygens (including phenoxy) is 1. The lowest BCUT2D eigenvalue weighted by Crippen LogP contribution is -2.26. The Morgan fingerprint density at radius 2 is 1.70 bits per heavy atom. The average molecular weight is 438 g/mol. The van der Waals surface area contributed by atoms with Crippen LogP contribution in [0.4, 0.5) is 5.88 Å². The number of allylic oxidation sites excluding steroid dienone is 2. The van der Waals surface area contributed by atoms with E-state index in [1.54, 1.807) is 0 Å². The first-order valence-electron chi connectivity index (χ1n) is 11.0. The van der Waals surface area contributed by atoms with Crippen LogP contribution in [-0.4, -0.2) is 18.5 Å². The van der Waals surface area contributed by atoms with Crippen LogP contribution < -0.4 is 5.32 Å². The summed E-state index contributed by atoms with van der Waals surface area (Å²) in [4.78, 5) is 25.0. The van der Waals surface area contributed by atoms with Crippen molar-refractivity contribution in [2.75, 3.05) is 11.9 Å². The van der Waals surface area contributed by atoms with Crippen LogP contribution in [0.25, 0.3) is 22.5 Å². The van der Waals surface area contributed by atoms with Gasteiger partial charge in [0.2, 0.25) is 5.88 Å². The van der Waals surface area contributed by atoms with Crippen LogP contribution in [0.1, 0.15) is 18.4 Å². The van der Waals surface area contributed by atoms with Crippen molar-refractivity contribution in [1.82, 2.24) is 0 Å². The van der Waals surface area contributed by atoms with Crippen LogP contribution in [0.2, 0.25) is 0 Å². The standard InChI is InChI=1S/C27H22N2O4/c28-15-22-24(18-7-3-1-4-8-18)25(19-9-5-2-6-10-19)33-26(22)29-23(30)16-32-27(31)21-14-17-11-12-20(21)13-17/h1-12,17,20-21H,13-14,16H2,(H,29,30)/t17-,20-,21+/m0/s1. The van der Waals surface area contributed by atoms with Gasteiger partial charge in [-0.15, -0.1) is 0 Å². The molecule has 1 amide bonds. The summed E-state index contributed by atoms with van der Waals surface area (Å²) in [6.45, 7) is -0.427. The van der Waals surface area contributed by atoms with Crippen molar-refractivity contribution in [3.05, 3.63) is 78.4 Å². The number of nitrogens with zero attached hydrogens (tertiary/aromatic N) is 1. The Labute approximate surface area is 191 Å². The van der Waals surface area contributed by atoms with Gasteiger partial charge < -0.3 is 9.15 Å². The molecule has 33 heavy (non-hydrogen) atoms. The van der Waals surface area contributed by atoms with Gasteiger partial charge in [-0.25, -0.2) is 0 Å². The number of nitriles is 1. The molecule has 5 rings (SSSR count). The summed E-state index contributed by atoms with van der Waals surface area (Å²) >= 11 is 0. The minimum atomic E-state index is -0.550. The van der Waals surface area contributed by atoms with Crippen LogP contribution in [0, 0.1) is 29.1 Å². The summed E-state index contributed by atoms with van der Waals surface area (Å²) in [5.41, 5.74) is 2.40. The van der Waals surface area contributed by atoms with Crippen molar-refractivity contribution in [2.45, 2.75) is 12.8 Å². The maximum absolute atomic E-state index is 12.6. The third-order valence-corrected chi connectivity index (χ3v) is 6.30. The summed E-state index contributed by atoms with van der Waals surface area (Å²) in [6.07, 6.45) is 5.97. The monoisotopic (exact) mass is 438 g/mol. The fourth-order valence-corrected chi connectivity index (χ4v) is 4.76. The predicted molar refractivity (Wildman–Crippen MR) is 123 cm³/mol. The molecule has 0 radical (unpaired) electrons. The zero-order valence-electron chi connectivity index (χ0n) is 17.9. The highest BCUT2D eigenvalue weighted by atomic mass is 16.5. The number of fused-ring (bicyclic) bond motifs is 2. The first-order valence-corrected chi connectivity index (χ1v) is 11.0. The topological polar surface area (TPSA) is 92.3 Å². The van der Waals surface area contributed by atoms with E-state index < -0.39 is 12.5 Å². The number of furan rings is 1. The largest absolute Gasteiger partial charge is 0.455 e. The zero-order valence-corrected chi connectivity index (χ0v) is 17.9. The Bertz CT molecular complexity index is 1250. The number of anilines is 1. The van der Waals surface area contributed by atoms with Crippen LogP contribution in [0.3, 0.4) is 0 Å². The van der Waals surface area contributed by atoms with Crippen molar-refractivity contribution >= 4 is 17.8 Å². The van der Waals surface area contributed by atoms with Crippen molar-refractivity contribution in [2.24, 2.45) is 17.8 Å². The molecule has 1 heterocycles. The molecule has 3 atom stereocenters. The molecule has 2 bridgehead atoms. The number of benzene rings is 2. The molecule has 1 saturated carbocycles. The first-order chi connectivity index (χ1) is 16.1. The van der Waals surface area contributed by atoms with E-state index in [-0.39, 0.29) is 29.3 Å². The molecule has 1 aromatic heterocycles. The number of amides is 1. The molecule has 2 aromatic carbocycles. The van der Waals surface area contributed by atoms with Crippen molar-refractivity contribution in [3.8, 4) is 28.5 Å². The van der Waals surface area contributed by atoms with E-state index in [0.29, 0.717) is 17.2 Å². The minimum Gasteiger partial charge on any atom is -0.455 e. The molecule has 6 heteroatoms.